The average Bonchev–Trinajstić information content (AvgIpc) is 3.25. The van der Waals surface area contributed by atoms with Crippen LogP contribution < -0.4 is 5.32 Å². The van der Waals surface area contributed by atoms with Gasteiger partial charge in [-0.1, -0.05) is 12.1 Å². The fraction of sp³-hybridized carbons (Fsp3) is 0.200. The molecule has 8 heteroatoms. The van der Waals surface area contributed by atoms with Crippen LogP contribution >= 0.6 is 11.8 Å². The van der Waals surface area contributed by atoms with Gasteiger partial charge in [0, 0.05) is 35.8 Å². The molecule has 2 aromatic heterocycles. The van der Waals surface area contributed by atoms with Crippen LogP contribution in [0.15, 0.2) is 54.9 Å². The number of thioether (sulfide) groups is 1. The zero-order chi connectivity index (χ0) is 18.9. The number of fused-ring (bicyclic) bond motifs is 3. The van der Waals surface area contributed by atoms with Crippen molar-refractivity contribution in [3.05, 3.63) is 60.4 Å². The quantitative estimate of drug-likeness (QED) is 0.579. The Labute approximate surface area is 165 Å². The Morgan fingerprint density at radius 1 is 1.04 bits per heavy atom. The van der Waals surface area contributed by atoms with Gasteiger partial charge >= 0.3 is 0 Å². The number of benzene rings is 2. The number of para-hydroxylation sites is 2. The first-order valence-corrected chi connectivity index (χ1v) is 10.3. The predicted octanol–water partition coefficient (Wildman–Crippen LogP) is 3.21. The molecule has 0 aliphatic carbocycles. The number of amides is 1. The van der Waals surface area contributed by atoms with E-state index in [4.69, 9.17) is 0 Å². The van der Waals surface area contributed by atoms with E-state index in [2.05, 4.69) is 20.4 Å². The summed E-state index contributed by atoms with van der Waals surface area (Å²) < 4.78 is 1.77. The van der Waals surface area contributed by atoms with Crippen molar-refractivity contribution in [3.63, 3.8) is 0 Å². The summed E-state index contributed by atoms with van der Waals surface area (Å²) in [5.74, 6) is 2.74. The lowest BCUT2D eigenvalue weighted by Crippen LogP contribution is -2.37. The lowest BCUT2D eigenvalue weighted by Gasteiger charge is -2.26. The largest absolute Gasteiger partial charge is 0.337 e. The molecule has 0 spiro atoms. The molecule has 1 fully saturated rings. The fourth-order valence-electron chi connectivity index (χ4n) is 3.35. The Bertz CT molecular complexity index is 1150. The highest BCUT2D eigenvalue weighted by Crippen LogP contribution is 2.23. The van der Waals surface area contributed by atoms with E-state index < -0.39 is 0 Å². The average molecular weight is 390 g/mol. The van der Waals surface area contributed by atoms with E-state index in [0.29, 0.717) is 17.0 Å². The Balaban J connectivity index is 1.43. The van der Waals surface area contributed by atoms with Crippen molar-refractivity contribution in [2.45, 2.75) is 0 Å². The van der Waals surface area contributed by atoms with E-state index in [-0.39, 0.29) is 5.91 Å². The van der Waals surface area contributed by atoms with Gasteiger partial charge in [-0.05, 0) is 36.4 Å². The Morgan fingerprint density at radius 3 is 2.64 bits per heavy atom. The lowest BCUT2D eigenvalue weighted by molar-refractivity contribution is 0.0772. The maximum atomic E-state index is 12.6. The molecule has 140 valence electrons. The van der Waals surface area contributed by atoms with Gasteiger partial charge in [0.2, 0.25) is 0 Å². The Morgan fingerprint density at radius 2 is 1.82 bits per heavy atom. The van der Waals surface area contributed by atoms with E-state index in [1.54, 1.807) is 4.52 Å². The number of nitrogens with zero attached hydrogens (tertiary/aromatic N) is 5. The summed E-state index contributed by atoms with van der Waals surface area (Å²) in [5, 5.41) is 7.62. The van der Waals surface area contributed by atoms with Gasteiger partial charge < -0.3 is 10.2 Å². The summed E-state index contributed by atoms with van der Waals surface area (Å²) in [4.78, 5) is 23.6. The number of rotatable bonds is 3. The van der Waals surface area contributed by atoms with Crippen molar-refractivity contribution in [3.8, 4) is 0 Å². The first-order valence-electron chi connectivity index (χ1n) is 9.12. The van der Waals surface area contributed by atoms with Crippen molar-refractivity contribution in [2.75, 3.05) is 29.9 Å². The maximum absolute atomic E-state index is 12.6. The molecule has 1 N–H and O–H groups in total. The second-order valence-corrected chi connectivity index (χ2v) is 7.78. The summed E-state index contributed by atoms with van der Waals surface area (Å²) in [6.45, 7) is 1.63. The third kappa shape index (κ3) is 3.05. The van der Waals surface area contributed by atoms with Crippen LogP contribution in [0, 0.1) is 0 Å². The third-order valence-electron chi connectivity index (χ3n) is 4.79. The van der Waals surface area contributed by atoms with E-state index in [1.807, 2.05) is 65.2 Å². The van der Waals surface area contributed by atoms with Gasteiger partial charge in [0.15, 0.2) is 11.5 Å². The van der Waals surface area contributed by atoms with Gasteiger partial charge in [0.1, 0.15) is 6.33 Å². The van der Waals surface area contributed by atoms with E-state index in [0.717, 1.165) is 41.3 Å². The number of nitrogens with one attached hydrogen (secondary N) is 1. The highest BCUT2D eigenvalue weighted by molar-refractivity contribution is 7.99. The van der Waals surface area contributed by atoms with Gasteiger partial charge in [-0.2, -0.15) is 16.9 Å². The number of hydrogen-bond acceptors (Lipinski definition) is 6. The van der Waals surface area contributed by atoms with Crippen LogP contribution in [0.3, 0.4) is 0 Å². The summed E-state index contributed by atoms with van der Waals surface area (Å²) in [6, 6.07) is 15.3. The van der Waals surface area contributed by atoms with Crippen molar-refractivity contribution in [1.82, 2.24) is 24.5 Å². The van der Waals surface area contributed by atoms with Crippen LogP contribution in [-0.2, 0) is 0 Å². The molecule has 1 amide bonds. The van der Waals surface area contributed by atoms with Gasteiger partial charge in [-0.15, -0.1) is 0 Å². The molecule has 2 aromatic carbocycles. The van der Waals surface area contributed by atoms with Crippen LogP contribution in [-0.4, -0.2) is 55.0 Å². The minimum atomic E-state index is 0.0931. The van der Waals surface area contributed by atoms with Gasteiger partial charge in [-0.3, -0.25) is 4.79 Å². The summed E-state index contributed by atoms with van der Waals surface area (Å²) in [7, 11) is 0. The summed E-state index contributed by atoms with van der Waals surface area (Å²) >= 11 is 1.89. The molecular formula is C20H18N6OS. The summed E-state index contributed by atoms with van der Waals surface area (Å²) in [6.07, 6.45) is 1.52. The highest BCUT2D eigenvalue weighted by Gasteiger charge is 2.18. The molecule has 0 unspecified atom stereocenters. The topological polar surface area (TPSA) is 75.4 Å². The standard InChI is InChI=1S/C20H18N6OS/c27-20(25-9-11-28-12-10-25)14-5-7-15(8-6-14)23-18-19-21-13-22-26(19)17-4-2-1-3-16(17)24-18/h1-8,13H,9-12H2,(H,23,24). The van der Waals surface area contributed by atoms with Gasteiger partial charge in [0.25, 0.3) is 5.91 Å². The van der Waals surface area contributed by atoms with Crippen molar-refractivity contribution >= 4 is 45.9 Å². The minimum absolute atomic E-state index is 0.0931. The first kappa shape index (κ1) is 17.0. The molecule has 4 aromatic rings. The maximum Gasteiger partial charge on any atom is 0.253 e. The number of aromatic nitrogens is 4. The number of hydrogen-bond donors (Lipinski definition) is 1. The van der Waals surface area contributed by atoms with Gasteiger partial charge in [-0.25, -0.2) is 14.5 Å². The predicted molar refractivity (Wildman–Crippen MR) is 111 cm³/mol. The Hall–Kier alpha value is -3.13. The smallest absolute Gasteiger partial charge is 0.253 e. The number of anilines is 2. The summed E-state index contributed by atoms with van der Waals surface area (Å²) in [5.41, 5.74) is 3.94. The van der Waals surface area contributed by atoms with Gasteiger partial charge in [0.05, 0.1) is 11.0 Å². The second-order valence-electron chi connectivity index (χ2n) is 6.55. The molecule has 1 saturated heterocycles. The van der Waals surface area contributed by atoms with E-state index in [9.17, 15) is 4.79 Å². The molecule has 0 saturated carbocycles. The van der Waals surface area contributed by atoms with E-state index >= 15 is 0 Å². The van der Waals surface area contributed by atoms with Crippen LogP contribution in [0.2, 0.25) is 0 Å². The molecule has 0 atom stereocenters. The van der Waals surface area contributed by atoms with Crippen LogP contribution in [0.5, 0.6) is 0 Å². The molecular weight excluding hydrogens is 372 g/mol. The minimum Gasteiger partial charge on any atom is -0.337 e. The molecule has 0 bridgehead atoms. The molecule has 1 aliphatic rings. The molecule has 0 radical (unpaired) electrons. The van der Waals surface area contributed by atoms with E-state index in [1.165, 1.54) is 6.33 Å². The molecule has 3 heterocycles. The fourth-order valence-corrected chi connectivity index (χ4v) is 4.26. The monoisotopic (exact) mass is 390 g/mol. The van der Waals surface area contributed by atoms with Crippen molar-refractivity contribution < 1.29 is 4.79 Å². The first-order chi connectivity index (χ1) is 13.8. The van der Waals surface area contributed by atoms with Crippen LogP contribution in [0.1, 0.15) is 10.4 Å². The normalized spacial score (nSPS) is 14.5. The molecule has 28 heavy (non-hydrogen) atoms. The lowest BCUT2D eigenvalue weighted by atomic mass is 10.1. The molecule has 1 aliphatic heterocycles. The van der Waals surface area contributed by atoms with Crippen LogP contribution in [0.25, 0.3) is 16.7 Å². The SMILES string of the molecule is O=C(c1ccc(Nc2nc3ccccc3n3ncnc23)cc1)N1CCSCC1. The zero-order valence-electron chi connectivity index (χ0n) is 15.1. The zero-order valence-corrected chi connectivity index (χ0v) is 15.9. The highest BCUT2D eigenvalue weighted by atomic mass is 32.2. The number of carbonyl (C=O) groups excluding carboxylic acids is 1. The second kappa shape index (κ2) is 7.12. The molecule has 5 rings (SSSR count). The van der Waals surface area contributed by atoms with Crippen molar-refractivity contribution in [1.29, 1.82) is 0 Å². The Kier molecular flexibility index (Phi) is 4.32. The number of carbonyl (C=O) groups is 1. The van der Waals surface area contributed by atoms with Crippen molar-refractivity contribution in [2.24, 2.45) is 0 Å². The van der Waals surface area contributed by atoms with Crippen LogP contribution in [0.4, 0.5) is 11.5 Å². The third-order valence-corrected chi connectivity index (χ3v) is 5.74. The molecule has 7 nitrogen and oxygen atoms in total.